The lowest BCUT2D eigenvalue weighted by atomic mass is 9.88. The second-order valence-electron chi connectivity index (χ2n) is 9.29. The van der Waals surface area contributed by atoms with Crippen LogP contribution in [0.2, 0.25) is 0 Å². The van der Waals surface area contributed by atoms with Gasteiger partial charge in [-0.3, -0.25) is 14.4 Å². The molecule has 3 rings (SSSR count). The number of hydrogen-bond donors (Lipinski definition) is 2. The van der Waals surface area contributed by atoms with Crippen LogP contribution in [-0.2, 0) is 4.79 Å². The van der Waals surface area contributed by atoms with E-state index in [1.54, 1.807) is 36.3 Å². The first-order chi connectivity index (χ1) is 16.3. The standard InChI is InChI=1S/C27H35N3O4/c1-18(2)17-28-26(32)24(29-25(31)21-11-9-19(3)10-12-21)20-13-15-30(16-14-20)27(33)22-7-5-6-8-23(22)34-4/h5-12,18,20,24H,13-17H2,1-4H3,(H,28,32)(H,29,31). The number of benzene rings is 2. The van der Waals surface area contributed by atoms with E-state index in [1.165, 1.54) is 0 Å². The average Bonchev–Trinajstić information content (AvgIpc) is 2.85. The number of carbonyl (C=O) groups is 3. The Morgan fingerprint density at radius 2 is 1.68 bits per heavy atom. The van der Waals surface area contributed by atoms with Crippen molar-refractivity contribution in [2.75, 3.05) is 26.7 Å². The molecule has 182 valence electrons. The lowest BCUT2D eigenvalue weighted by molar-refractivity contribution is -0.124. The molecule has 1 atom stereocenters. The first-order valence-electron chi connectivity index (χ1n) is 11.9. The number of ether oxygens (including phenoxy) is 1. The minimum absolute atomic E-state index is 0.0664. The minimum Gasteiger partial charge on any atom is -0.496 e. The molecule has 7 nitrogen and oxygen atoms in total. The summed E-state index contributed by atoms with van der Waals surface area (Å²) in [6.07, 6.45) is 1.24. The molecule has 0 saturated carbocycles. The summed E-state index contributed by atoms with van der Waals surface area (Å²) in [7, 11) is 1.55. The summed E-state index contributed by atoms with van der Waals surface area (Å²) in [6.45, 7) is 7.58. The van der Waals surface area contributed by atoms with E-state index in [0.29, 0.717) is 55.3 Å². The highest BCUT2D eigenvalue weighted by atomic mass is 16.5. The van der Waals surface area contributed by atoms with Crippen LogP contribution in [0.4, 0.5) is 0 Å². The largest absolute Gasteiger partial charge is 0.496 e. The van der Waals surface area contributed by atoms with Crippen LogP contribution < -0.4 is 15.4 Å². The van der Waals surface area contributed by atoms with Crippen molar-refractivity contribution in [3.63, 3.8) is 0 Å². The summed E-state index contributed by atoms with van der Waals surface area (Å²) in [4.78, 5) is 40.8. The third kappa shape index (κ3) is 6.37. The fraction of sp³-hybridized carbons (Fsp3) is 0.444. The van der Waals surface area contributed by atoms with Crippen LogP contribution in [0.1, 0.15) is 53.0 Å². The number of para-hydroxylation sites is 1. The number of nitrogens with zero attached hydrogens (tertiary/aromatic N) is 1. The molecule has 0 aliphatic carbocycles. The zero-order chi connectivity index (χ0) is 24.7. The van der Waals surface area contributed by atoms with Crippen molar-refractivity contribution in [3.05, 3.63) is 65.2 Å². The normalized spacial score (nSPS) is 15.0. The van der Waals surface area contributed by atoms with E-state index in [9.17, 15) is 14.4 Å². The monoisotopic (exact) mass is 465 g/mol. The molecule has 7 heteroatoms. The van der Waals surface area contributed by atoms with Gasteiger partial charge in [-0.05, 0) is 55.9 Å². The van der Waals surface area contributed by atoms with E-state index in [4.69, 9.17) is 4.74 Å². The summed E-state index contributed by atoms with van der Waals surface area (Å²) in [5.74, 6) is 0.258. The van der Waals surface area contributed by atoms with Gasteiger partial charge < -0.3 is 20.3 Å². The first kappa shape index (κ1) is 25.3. The van der Waals surface area contributed by atoms with Crippen LogP contribution in [0.25, 0.3) is 0 Å². The molecule has 3 amide bonds. The van der Waals surface area contributed by atoms with Crippen LogP contribution in [0.3, 0.4) is 0 Å². The summed E-state index contributed by atoms with van der Waals surface area (Å²) in [5, 5.41) is 5.94. The average molecular weight is 466 g/mol. The second-order valence-corrected chi connectivity index (χ2v) is 9.29. The molecule has 2 aromatic rings. The van der Waals surface area contributed by atoms with Crippen LogP contribution in [0, 0.1) is 18.8 Å². The predicted molar refractivity (Wildman–Crippen MR) is 132 cm³/mol. The fourth-order valence-corrected chi connectivity index (χ4v) is 4.17. The zero-order valence-electron chi connectivity index (χ0n) is 20.5. The number of hydrogen-bond acceptors (Lipinski definition) is 4. The number of aryl methyl sites for hydroxylation is 1. The van der Waals surface area contributed by atoms with Crippen molar-refractivity contribution < 1.29 is 19.1 Å². The molecular weight excluding hydrogens is 430 g/mol. The Labute approximate surface area is 201 Å². The lowest BCUT2D eigenvalue weighted by Gasteiger charge is -2.36. The second kappa shape index (κ2) is 11.7. The molecule has 0 aromatic heterocycles. The topological polar surface area (TPSA) is 87.7 Å². The minimum atomic E-state index is -0.656. The zero-order valence-corrected chi connectivity index (χ0v) is 20.5. The Morgan fingerprint density at radius 1 is 1.03 bits per heavy atom. The van der Waals surface area contributed by atoms with E-state index in [0.717, 1.165) is 5.56 Å². The molecule has 1 aliphatic rings. The molecule has 0 spiro atoms. The molecule has 1 saturated heterocycles. The molecule has 0 radical (unpaired) electrons. The molecule has 2 aromatic carbocycles. The number of methoxy groups -OCH3 is 1. The van der Waals surface area contributed by atoms with Crippen molar-refractivity contribution in [3.8, 4) is 5.75 Å². The quantitative estimate of drug-likeness (QED) is 0.625. The van der Waals surface area contributed by atoms with Crippen molar-refractivity contribution in [1.29, 1.82) is 0 Å². The number of rotatable bonds is 8. The van der Waals surface area contributed by atoms with Crippen LogP contribution >= 0.6 is 0 Å². The van der Waals surface area contributed by atoms with Gasteiger partial charge in [-0.1, -0.05) is 43.7 Å². The molecule has 1 heterocycles. The van der Waals surface area contributed by atoms with Gasteiger partial charge >= 0.3 is 0 Å². The maximum Gasteiger partial charge on any atom is 0.257 e. The highest BCUT2D eigenvalue weighted by Crippen LogP contribution is 2.25. The maximum atomic E-state index is 13.1. The highest BCUT2D eigenvalue weighted by Gasteiger charge is 2.34. The van der Waals surface area contributed by atoms with Gasteiger partial charge in [0.15, 0.2) is 0 Å². The summed E-state index contributed by atoms with van der Waals surface area (Å²) < 4.78 is 5.34. The SMILES string of the molecule is COc1ccccc1C(=O)N1CCC(C(NC(=O)c2ccc(C)cc2)C(=O)NCC(C)C)CC1. The Morgan fingerprint density at radius 3 is 2.29 bits per heavy atom. The van der Waals surface area contributed by atoms with Gasteiger partial charge in [-0.25, -0.2) is 0 Å². The van der Waals surface area contributed by atoms with E-state index >= 15 is 0 Å². The Balaban J connectivity index is 1.70. The summed E-state index contributed by atoms with van der Waals surface area (Å²) >= 11 is 0. The Hall–Kier alpha value is -3.35. The van der Waals surface area contributed by atoms with Crippen molar-refractivity contribution in [1.82, 2.24) is 15.5 Å². The van der Waals surface area contributed by atoms with Gasteiger partial charge in [0.1, 0.15) is 11.8 Å². The van der Waals surface area contributed by atoms with Gasteiger partial charge in [0, 0.05) is 25.2 Å². The van der Waals surface area contributed by atoms with Crippen molar-refractivity contribution in [2.45, 2.75) is 39.7 Å². The van der Waals surface area contributed by atoms with E-state index in [2.05, 4.69) is 10.6 Å². The maximum absolute atomic E-state index is 13.1. The van der Waals surface area contributed by atoms with Gasteiger partial charge in [-0.15, -0.1) is 0 Å². The third-order valence-electron chi connectivity index (χ3n) is 6.20. The van der Waals surface area contributed by atoms with Crippen molar-refractivity contribution >= 4 is 17.7 Å². The molecule has 0 bridgehead atoms. The van der Waals surface area contributed by atoms with E-state index in [-0.39, 0.29) is 23.6 Å². The van der Waals surface area contributed by atoms with Crippen LogP contribution in [0.15, 0.2) is 48.5 Å². The highest BCUT2D eigenvalue weighted by molar-refractivity contribution is 5.98. The lowest BCUT2D eigenvalue weighted by Crippen LogP contribution is -2.54. The number of carbonyl (C=O) groups excluding carboxylic acids is 3. The van der Waals surface area contributed by atoms with E-state index in [1.807, 2.05) is 45.0 Å². The van der Waals surface area contributed by atoms with Gasteiger partial charge in [0.2, 0.25) is 5.91 Å². The Bertz CT molecular complexity index is 995. The molecular formula is C27H35N3O4. The number of piperidine rings is 1. The van der Waals surface area contributed by atoms with E-state index < -0.39 is 6.04 Å². The van der Waals surface area contributed by atoms with Gasteiger partial charge in [0.05, 0.1) is 12.7 Å². The molecule has 2 N–H and O–H groups in total. The number of likely N-dealkylation sites (tertiary alicyclic amines) is 1. The fourth-order valence-electron chi connectivity index (χ4n) is 4.17. The van der Waals surface area contributed by atoms with Crippen LogP contribution in [0.5, 0.6) is 5.75 Å². The number of amides is 3. The molecule has 1 unspecified atom stereocenters. The smallest absolute Gasteiger partial charge is 0.257 e. The van der Waals surface area contributed by atoms with Crippen molar-refractivity contribution in [2.24, 2.45) is 11.8 Å². The molecule has 1 aliphatic heterocycles. The van der Waals surface area contributed by atoms with Gasteiger partial charge in [0.25, 0.3) is 11.8 Å². The number of nitrogens with one attached hydrogen (secondary N) is 2. The first-order valence-corrected chi connectivity index (χ1v) is 11.9. The summed E-state index contributed by atoms with van der Waals surface area (Å²) in [6, 6.07) is 13.8. The van der Waals surface area contributed by atoms with Gasteiger partial charge in [-0.2, -0.15) is 0 Å². The van der Waals surface area contributed by atoms with Crippen LogP contribution in [-0.4, -0.2) is 55.4 Å². The molecule has 34 heavy (non-hydrogen) atoms. The predicted octanol–water partition coefficient (Wildman–Crippen LogP) is 3.43. The molecule has 1 fully saturated rings. The Kier molecular flexibility index (Phi) is 8.68. The summed E-state index contributed by atoms with van der Waals surface area (Å²) in [5.41, 5.74) is 2.12. The third-order valence-corrected chi connectivity index (χ3v) is 6.20.